The maximum absolute atomic E-state index is 8.79. The Labute approximate surface area is 98.4 Å². The summed E-state index contributed by atoms with van der Waals surface area (Å²) in [5.74, 6) is 0.191. The number of rotatable bonds is 1. The van der Waals surface area contributed by atoms with Gasteiger partial charge in [0.15, 0.2) is 0 Å². The van der Waals surface area contributed by atoms with Crippen LogP contribution >= 0.6 is 15.9 Å². The molecule has 2 rings (SSSR count). The molecule has 3 heteroatoms. The monoisotopic (exact) mass is 264 g/mol. The van der Waals surface area contributed by atoms with E-state index in [9.17, 15) is 0 Å². The Morgan fingerprint density at radius 1 is 1.27 bits per heavy atom. The molecule has 1 heterocycles. The highest BCUT2D eigenvalue weighted by Gasteiger charge is 2.20. The van der Waals surface area contributed by atoms with Crippen molar-refractivity contribution >= 4 is 15.9 Å². The fourth-order valence-corrected chi connectivity index (χ4v) is 2.21. The molecule has 0 spiro atoms. The Morgan fingerprint density at radius 2 is 2.00 bits per heavy atom. The summed E-state index contributed by atoms with van der Waals surface area (Å²) in [5.41, 5.74) is 1.31. The van der Waals surface area contributed by atoms with Crippen molar-refractivity contribution in [2.45, 2.75) is 18.9 Å². The van der Waals surface area contributed by atoms with Crippen LogP contribution in [0.25, 0.3) is 0 Å². The van der Waals surface area contributed by atoms with Gasteiger partial charge in [0, 0.05) is 17.1 Å². The Kier molecular flexibility index (Phi) is 3.40. The first-order chi connectivity index (χ1) is 7.29. The van der Waals surface area contributed by atoms with Gasteiger partial charge in [0.25, 0.3) is 0 Å². The van der Waals surface area contributed by atoms with Gasteiger partial charge in [0.2, 0.25) is 0 Å². The van der Waals surface area contributed by atoms with Gasteiger partial charge < -0.3 is 5.32 Å². The second-order valence-electron chi connectivity index (χ2n) is 3.92. The minimum atomic E-state index is 0.191. The van der Waals surface area contributed by atoms with Crippen LogP contribution in [0.3, 0.4) is 0 Å². The SMILES string of the molecule is N#CC1CCC(c2ccc(Br)cc2)NC1. The van der Waals surface area contributed by atoms with E-state index < -0.39 is 0 Å². The minimum absolute atomic E-state index is 0.191. The zero-order valence-electron chi connectivity index (χ0n) is 8.41. The Balaban J connectivity index is 2.02. The van der Waals surface area contributed by atoms with E-state index in [1.54, 1.807) is 0 Å². The lowest BCUT2D eigenvalue weighted by molar-refractivity contribution is 0.361. The molecule has 0 radical (unpaired) electrons. The van der Waals surface area contributed by atoms with Crippen molar-refractivity contribution in [1.82, 2.24) is 5.32 Å². The summed E-state index contributed by atoms with van der Waals surface area (Å²) in [5, 5.41) is 12.2. The second kappa shape index (κ2) is 4.78. The minimum Gasteiger partial charge on any atom is -0.309 e. The molecule has 1 aromatic rings. The molecule has 0 aromatic heterocycles. The molecule has 1 aromatic carbocycles. The third kappa shape index (κ3) is 2.58. The molecule has 2 unspecified atom stereocenters. The molecular weight excluding hydrogens is 252 g/mol. The number of benzene rings is 1. The summed E-state index contributed by atoms with van der Waals surface area (Å²) in [6.07, 6.45) is 2.06. The highest BCUT2D eigenvalue weighted by molar-refractivity contribution is 9.10. The summed E-state index contributed by atoms with van der Waals surface area (Å²) < 4.78 is 1.11. The first-order valence-corrected chi connectivity index (χ1v) is 5.97. The van der Waals surface area contributed by atoms with Gasteiger partial charge in [0.1, 0.15) is 0 Å². The van der Waals surface area contributed by atoms with E-state index in [-0.39, 0.29) is 5.92 Å². The fraction of sp³-hybridized carbons (Fsp3) is 0.417. The van der Waals surface area contributed by atoms with Gasteiger partial charge in [-0.2, -0.15) is 5.26 Å². The second-order valence-corrected chi connectivity index (χ2v) is 4.83. The van der Waals surface area contributed by atoms with Gasteiger partial charge in [-0.1, -0.05) is 28.1 Å². The van der Waals surface area contributed by atoms with Crippen molar-refractivity contribution in [2.75, 3.05) is 6.54 Å². The Bertz CT molecular complexity index is 358. The number of hydrogen-bond donors (Lipinski definition) is 1. The Morgan fingerprint density at radius 3 is 2.53 bits per heavy atom. The molecule has 0 saturated carbocycles. The largest absolute Gasteiger partial charge is 0.309 e. The zero-order chi connectivity index (χ0) is 10.7. The summed E-state index contributed by atoms with van der Waals surface area (Å²) in [4.78, 5) is 0. The van der Waals surface area contributed by atoms with Crippen molar-refractivity contribution in [3.05, 3.63) is 34.3 Å². The van der Waals surface area contributed by atoms with E-state index in [0.29, 0.717) is 6.04 Å². The van der Waals surface area contributed by atoms with Crippen molar-refractivity contribution < 1.29 is 0 Å². The smallest absolute Gasteiger partial charge is 0.0669 e. The molecule has 78 valence electrons. The molecule has 1 fully saturated rings. The first-order valence-electron chi connectivity index (χ1n) is 5.18. The van der Waals surface area contributed by atoms with Crippen molar-refractivity contribution in [2.24, 2.45) is 5.92 Å². The van der Waals surface area contributed by atoms with E-state index in [0.717, 1.165) is 23.9 Å². The standard InChI is InChI=1S/C12H13BrN2/c13-11-4-2-10(3-5-11)12-6-1-9(7-14)8-15-12/h2-5,9,12,15H,1,6,8H2. The number of piperidine rings is 1. The van der Waals surface area contributed by atoms with Crippen molar-refractivity contribution in [1.29, 1.82) is 5.26 Å². The lowest BCUT2D eigenvalue weighted by Gasteiger charge is -2.26. The molecule has 2 nitrogen and oxygen atoms in total. The van der Waals surface area contributed by atoms with Gasteiger partial charge in [-0.25, -0.2) is 0 Å². The number of nitriles is 1. The molecule has 1 aliphatic heterocycles. The lowest BCUT2D eigenvalue weighted by Crippen LogP contribution is -2.32. The highest BCUT2D eigenvalue weighted by atomic mass is 79.9. The molecule has 1 N–H and O–H groups in total. The van der Waals surface area contributed by atoms with Crippen LogP contribution in [0.5, 0.6) is 0 Å². The predicted molar refractivity (Wildman–Crippen MR) is 63.2 cm³/mol. The van der Waals surface area contributed by atoms with Crippen LogP contribution in [0, 0.1) is 17.2 Å². The topological polar surface area (TPSA) is 35.8 Å². The van der Waals surface area contributed by atoms with Crippen LogP contribution in [0.2, 0.25) is 0 Å². The summed E-state index contributed by atoms with van der Waals surface area (Å²) in [6.45, 7) is 0.817. The number of nitrogens with zero attached hydrogens (tertiary/aromatic N) is 1. The zero-order valence-corrected chi connectivity index (χ0v) is 10.00. The van der Waals surface area contributed by atoms with Crippen LogP contribution in [-0.4, -0.2) is 6.54 Å². The average Bonchev–Trinajstić information content (AvgIpc) is 2.30. The van der Waals surface area contributed by atoms with Gasteiger partial charge >= 0.3 is 0 Å². The number of nitrogens with one attached hydrogen (secondary N) is 1. The third-order valence-corrected chi connectivity index (χ3v) is 3.40. The molecule has 2 atom stereocenters. The molecule has 1 saturated heterocycles. The predicted octanol–water partition coefficient (Wildman–Crippen LogP) is 3.01. The van der Waals surface area contributed by atoms with E-state index in [2.05, 4.69) is 51.6 Å². The van der Waals surface area contributed by atoms with Crippen molar-refractivity contribution in [3.8, 4) is 6.07 Å². The van der Waals surface area contributed by atoms with E-state index >= 15 is 0 Å². The highest BCUT2D eigenvalue weighted by Crippen LogP contribution is 2.26. The average molecular weight is 265 g/mol. The van der Waals surface area contributed by atoms with E-state index in [4.69, 9.17) is 5.26 Å². The van der Waals surface area contributed by atoms with Crippen molar-refractivity contribution in [3.63, 3.8) is 0 Å². The molecule has 1 aliphatic rings. The molecule has 15 heavy (non-hydrogen) atoms. The molecule has 0 aliphatic carbocycles. The molecule has 0 amide bonds. The number of hydrogen-bond acceptors (Lipinski definition) is 2. The Hall–Kier alpha value is -0.850. The van der Waals surface area contributed by atoms with Crippen LogP contribution in [0.4, 0.5) is 0 Å². The summed E-state index contributed by atoms with van der Waals surface area (Å²) in [6, 6.07) is 11.1. The summed E-state index contributed by atoms with van der Waals surface area (Å²) >= 11 is 3.43. The van der Waals surface area contributed by atoms with Crippen LogP contribution in [-0.2, 0) is 0 Å². The molecular formula is C12H13BrN2. The lowest BCUT2D eigenvalue weighted by atomic mass is 9.92. The van der Waals surface area contributed by atoms with Crippen LogP contribution in [0.1, 0.15) is 24.4 Å². The quantitative estimate of drug-likeness (QED) is 0.847. The normalized spacial score (nSPS) is 25.9. The van der Waals surface area contributed by atoms with Crippen LogP contribution in [0.15, 0.2) is 28.7 Å². The van der Waals surface area contributed by atoms with E-state index in [1.807, 2.05) is 0 Å². The summed E-state index contributed by atoms with van der Waals surface area (Å²) in [7, 11) is 0. The maximum Gasteiger partial charge on any atom is 0.0669 e. The van der Waals surface area contributed by atoms with Gasteiger partial charge in [-0.05, 0) is 30.5 Å². The number of halogens is 1. The first kappa shape index (κ1) is 10.7. The third-order valence-electron chi connectivity index (χ3n) is 2.87. The van der Waals surface area contributed by atoms with Gasteiger partial charge in [-0.3, -0.25) is 0 Å². The van der Waals surface area contributed by atoms with Crippen LogP contribution < -0.4 is 5.32 Å². The molecule has 0 bridgehead atoms. The van der Waals surface area contributed by atoms with E-state index in [1.165, 1.54) is 5.56 Å². The maximum atomic E-state index is 8.79. The fourth-order valence-electron chi connectivity index (χ4n) is 1.95. The van der Waals surface area contributed by atoms with Gasteiger partial charge in [-0.15, -0.1) is 0 Å². The van der Waals surface area contributed by atoms with Gasteiger partial charge in [0.05, 0.1) is 12.0 Å².